The van der Waals surface area contributed by atoms with Crippen molar-refractivity contribution in [1.82, 2.24) is 0 Å². The zero-order valence-corrected chi connectivity index (χ0v) is 12.5. The lowest BCUT2D eigenvalue weighted by molar-refractivity contribution is 0.206. The van der Waals surface area contributed by atoms with Crippen molar-refractivity contribution in [3.63, 3.8) is 0 Å². The molecule has 3 rings (SSSR count). The molecule has 0 aromatic heterocycles. The van der Waals surface area contributed by atoms with E-state index in [1.165, 1.54) is 31.2 Å². The zero-order valence-electron chi connectivity index (χ0n) is 12.5. The van der Waals surface area contributed by atoms with E-state index in [-0.39, 0.29) is 5.54 Å². The third-order valence-electron chi connectivity index (χ3n) is 5.04. The highest BCUT2D eigenvalue weighted by atomic mass is 16.5. The first-order chi connectivity index (χ1) is 9.64. The Hall–Kier alpha value is -1.22. The van der Waals surface area contributed by atoms with Crippen molar-refractivity contribution in [3.05, 3.63) is 23.8 Å². The van der Waals surface area contributed by atoms with Crippen LogP contribution >= 0.6 is 0 Å². The Bertz CT molecular complexity index is 462. The molecule has 1 aromatic carbocycles. The molecule has 0 heterocycles. The third kappa shape index (κ3) is 2.64. The fraction of sp³-hybridized carbons (Fsp3) is 0.647. The van der Waals surface area contributed by atoms with E-state index in [0.29, 0.717) is 0 Å². The molecule has 0 saturated heterocycles. The summed E-state index contributed by atoms with van der Waals surface area (Å²) in [6.07, 6.45) is 7.56. The van der Waals surface area contributed by atoms with Crippen molar-refractivity contribution in [1.29, 1.82) is 0 Å². The van der Waals surface area contributed by atoms with Crippen LogP contribution in [0.4, 0.5) is 0 Å². The Labute approximate surface area is 121 Å². The summed E-state index contributed by atoms with van der Waals surface area (Å²) in [4.78, 5) is 0. The highest BCUT2D eigenvalue weighted by Crippen LogP contribution is 2.49. The van der Waals surface area contributed by atoms with Crippen LogP contribution in [0, 0.1) is 11.8 Å². The van der Waals surface area contributed by atoms with Crippen molar-refractivity contribution < 1.29 is 9.47 Å². The molecule has 110 valence electrons. The average molecular weight is 275 g/mol. The molecule has 0 spiro atoms. The van der Waals surface area contributed by atoms with Gasteiger partial charge in [0.2, 0.25) is 0 Å². The number of ether oxygens (including phenoxy) is 2. The molecule has 2 aliphatic carbocycles. The lowest BCUT2D eigenvalue weighted by Crippen LogP contribution is -2.42. The van der Waals surface area contributed by atoms with Crippen LogP contribution in [-0.2, 0) is 5.54 Å². The molecule has 2 atom stereocenters. The second-order valence-corrected chi connectivity index (χ2v) is 6.45. The predicted molar refractivity (Wildman–Crippen MR) is 80.1 cm³/mol. The van der Waals surface area contributed by atoms with Crippen LogP contribution < -0.4 is 15.2 Å². The van der Waals surface area contributed by atoms with E-state index < -0.39 is 0 Å². The van der Waals surface area contributed by atoms with Crippen molar-refractivity contribution >= 4 is 0 Å². The molecule has 1 aromatic rings. The van der Waals surface area contributed by atoms with Gasteiger partial charge in [0, 0.05) is 11.6 Å². The average Bonchev–Trinajstić information content (AvgIpc) is 3.31. The molecule has 2 aliphatic rings. The Balaban J connectivity index is 1.89. The normalized spacial score (nSPS) is 30.1. The van der Waals surface area contributed by atoms with Gasteiger partial charge in [-0.25, -0.2) is 0 Å². The second kappa shape index (κ2) is 5.28. The molecule has 3 nitrogen and oxygen atoms in total. The standard InChI is InChI=1S/C17H25NO2/c1-19-15-8-14(9-16(10-15)20-2)17(18)7-3-4-13(11-17)12-5-6-12/h8-10,12-13H,3-7,11,18H2,1-2H3. The summed E-state index contributed by atoms with van der Waals surface area (Å²) in [7, 11) is 3.38. The van der Waals surface area contributed by atoms with Gasteiger partial charge >= 0.3 is 0 Å². The fourth-order valence-corrected chi connectivity index (χ4v) is 3.68. The summed E-state index contributed by atoms with van der Waals surface area (Å²) in [6, 6.07) is 6.07. The SMILES string of the molecule is COc1cc(OC)cc(C2(N)CCCC(C3CC3)C2)c1. The fourth-order valence-electron chi connectivity index (χ4n) is 3.68. The van der Waals surface area contributed by atoms with Gasteiger partial charge in [0.25, 0.3) is 0 Å². The van der Waals surface area contributed by atoms with Crippen LogP contribution in [0.3, 0.4) is 0 Å². The molecule has 0 bridgehead atoms. The van der Waals surface area contributed by atoms with Gasteiger partial charge in [0.05, 0.1) is 14.2 Å². The highest BCUT2D eigenvalue weighted by molar-refractivity contribution is 5.41. The van der Waals surface area contributed by atoms with E-state index in [4.69, 9.17) is 15.2 Å². The number of rotatable bonds is 4. The quantitative estimate of drug-likeness (QED) is 0.915. The first kappa shape index (κ1) is 13.7. The maximum atomic E-state index is 6.77. The molecule has 2 saturated carbocycles. The second-order valence-electron chi connectivity index (χ2n) is 6.45. The van der Waals surface area contributed by atoms with Gasteiger partial charge in [-0.1, -0.05) is 12.8 Å². The number of nitrogens with two attached hydrogens (primary N) is 1. The summed E-state index contributed by atoms with van der Waals surface area (Å²) in [5, 5.41) is 0. The van der Waals surface area contributed by atoms with Crippen LogP contribution in [-0.4, -0.2) is 14.2 Å². The summed E-state index contributed by atoms with van der Waals surface area (Å²) in [6.45, 7) is 0. The molecule has 3 heteroatoms. The van der Waals surface area contributed by atoms with Crippen molar-refractivity contribution in [2.24, 2.45) is 17.6 Å². The van der Waals surface area contributed by atoms with Gasteiger partial charge in [0.15, 0.2) is 0 Å². The topological polar surface area (TPSA) is 44.5 Å². The highest BCUT2D eigenvalue weighted by Gasteiger charge is 2.41. The number of benzene rings is 1. The summed E-state index contributed by atoms with van der Waals surface area (Å²) in [5.41, 5.74) is 7.72. The predicted octanol–water partition coefficient (Wildman–Crippen LogP) is 3.46. The zero-order chi connectivity index (χ0) is 14.2. The van der Waals surface area contributed by atoms with E-state index in [1.807, 2.05) is 6.07 Å². The van der Waals surface area contributed by atoms with E-state index >= 15 is 0 Å². The Morgan fingerprint density at radius 3 is 2.20 bits per heavy atom. The molecule has 2 unspecified atom stereocenters. The van der Waals surface area contributed by atoms with Crippen LogP contribution in [0.1, 0.15) is 44.1 Å². The van der Waals surface area contributed by atoms with Crippen LogP contribution in [0.2, 0.25) is 0 Å². The largest absolute Gasteiger partial charge is 0.497 e. The van der Waals surface area contributed by atoms with Crippen LogP contribution in [0.15, 0.2) is 18.2 Å². The number of hydrogen-bond acceptors (Lipinski definition) is 3. The van der Waals surface area contributed by atoms with Gasteiger partial charge in [-0.05, 0) is 55.2 Å². The van der Waals surface area contributed by atoms with Gasteiger partial charge < -0.3 is 15.2 Å². The van der Waals surface area contributed by atoms with E-state index in [2.05, 4.69) is 12.1 Å². The van der Waals surface area contributed by atoms with Gasteiger partial charge in [-0.15, -0.1) is 0 Å². The molecule has 0 amide bonds. The Morgan fingerprint density at radius 1 is 1.00 bits per heavy atom. The molecule has 0 radical (unpaired) electrons. The molecule has 20 heavy (non-hydrogen) atoms. The summed E-state index contributed by atoms with van der Waals surface area (Å²) < 4.78 is 10.8. The molecule has 0 aliphatic heterocycles. The summed E-state index contributed by atoms with van der Waals surface area (Å²) >= 11 is 0. The van der Waals surface area contributed by atoms with Crippen molar-refractivity contribution in [2.45, 2.75) is 44.1 Å². The first-order valence-corrected chi connectivity index (χ1v) is 7.67. The van der Waals surface area contributed by atoms with Crippen LogP contribution in [0.25, 0.3) is 0 Å². The molecule has 2 fully saturated rings. The summed E-state index contributed by atoms with van der Waals surface area (Å²) in [5.74, 6) is 3.41. The minimum Gasteiger partial charge on any atom is -0.497 e. The van der Waals surface area contributed by atoms with Crippen molar-refractivity contribution in [3.8, 4) is 11.5 Å². The van der Waals surface area contributed by atoms with E-state index in [1.54, 1.807) is 14.2 Å². The third-order valence-corrected chi connectivity index (χ3v) is 5.04. The van der Waals surface area contributed by atoms with Crippen LogP contribution in [0.5, 0.6) is 11.5 Å². The molecular weight excluding hydrogens is 250 g/mol. The van der Waals surface area contributed by atoms with E-state index in [9.17, 15) is 0 Å². The maximum absolute atomic E-state index is 6.77. The smallest absolute Gasteiger partial charge is 0.122 e. The monoisotopic (exact) mass is 275 g/mol. The minimum atomic E-state index is -0.215. The van der Waals surface area contributed by atoms with Crippen molar-refractivity contribution in [2.75, 3.05) is 14.2 Å². The lowest BCUT2D eigenvalue weighted by Gasteiger charge is -2.39. The number of hydrogen-bond donors (Lipinski definition) is 1. The molecular formula is C17H25NO2. The Morgan fingerprint density at radius 2 is 1.65 bits per heavy atom. The first-order valence-electron chi connectivity index (χ1n) is 7.67. The Kier molecular flexibility index (Phi) is 3.63. The van der Waals surface area contributed by atoms with Gasteiger partial charge in [-0.2, -0.15) is 0 Å². The number of methoxy groups -OCH3 is 2. The van der Waals surface area contributed by atoms with E-state index in [0.717, 1.165) is 36.2 Å². The minimum absolute atomic E-state index is 0.215. The van der Waals surface area contributed by atoms with Gasteiger partial charge in [-0.3, -0.25) is 0 Å². The van der Waals surface area contributed by atoms with Gasteiger partial charge in [0.1, 0.15) is 11.5 Å². The molecule has 2 N–H and O–H groups in total. The maximum Gasteiger partial charge on any atom is 0.122 e. The lowest BCUT2D eigenvalue weighted by atomic mass is 9.71.